The molecule has 160 valence electrons. The Bertz CT molecular complexity index is 1350. The van der Waals surface area contributed by atoms with Crippen molar-refractivity contribution in [1.82, 2.24) is 14.8 Å². The number of pyridine rings is 1. The van der Waals surface area contributed by atoms with E-state index in [4.69, 9.17) is 9.47 Å². The van der Waals surface area contributed by atoms with E-state index in [2.05, 4.69) is 33.1 Å². The van der Waals surface area contributed by atoms with Crippen LogP contribution in [-0.2, 0) is 13.0 Å². The topological polar surface area (TPSA) is 49.2 Å². The fourth-order valence-electron chi connectivity index (χ4n) is 4.06. The molecular weight excluding hydrogens is 405 g/mol. The number of ether oxygens (including phenoxy) is 2. The molecule has 0 unspecified atom stereocenters. The first-order valence-electron chi connectivity index (χ1n) is 10.4. The van der Waals surface area contributed by atoms with Crippen LogP contribution in [0.15, 0.2) is 72.9 Å². The Morgan fingerprint density at radius 2 is 1.53 bits per heavy atom. The van der Waals surface area contributed by atoms with Gasteiger partial charge in [0.25, 0.3) is 0 Å². The quantitative estimate of drug-likeness (QED) is 0.354. The Kier molecular flexibility index (Phi) is 5.19. The molecule has 0 amide bonds. The summed E-state index contributed by atoms with van der Waals surface area (Å²) in [4.78, 5) is 0. The second kappa shape index (κ2) is 8.30. The van der Waals surface area contributed by atoms with Gasteiger partial charge in [-0.25, -0.2) is 4.39 Å². The van der Waals surface area contributed by atoms with Gasteiger partial charge in [0, 0.05) is 35.3 Å². The number of methoxy groups -OCH3 is 2. The van der Waals surface area contributed by atoms with Gasteiger partial charge in [-0.15, -0.1) is 10.2 Å². The number of aryl methyl sites for hydroxylation is 2. The maximum Gasteiger partial charge on any atom is 0.162 e. The number of halogens is 1. The number of aromatic nitrogens is 3. The summed E-state index contributed by atoms with van der Waals surface area (Å²) in [6.45, 7) is 0.764. The molecule has 3 aromatic carbocycles. The number of benzene rings is 3. The van der Waals surface area contributed by atoms with Crippen molar-refractivity contribution in [2.45, 2.75) is 13.0 Å². The van der Waals surface area contributed by atoms with Crippen molar-refractivity contribution in [3.63, 3.8) is 0 Å². The highest BCUT2D eigenvalue weighted by molar-refractivity contribution is 5.99. The van der Waals surface area contributed by atoms with E-state index in [1.54, 1.807) is 26.4 Å². The number of nitrogens with zero attached hydrogens (tertiary/aromatic N) is 3. The predicted octanol–water partition coefficient (Wildman–Crippen LogP) is 5.60. The van der Waals surface area contributed by atoms with E-state index in [9.17, 15) is 4.39 Å². The molecule has 2 aliphatic rings. The number of hydrogen-bond donors (Lipinski definition) is 0. The van der Waals surface area contributed by atoms with E-state index >= 15 is 0 Å². The van der Waals surface area contributed by atoms with E-state index in [0.717, 1.165) is 46.4 Å². The zero-order valence-electron chi connectivity index (χ0n) is 17.9. The summed E-state index contributed by atoms with van der Waals surface area (Å²) in [5, 5.41) is 9.85. The van der Waals surface area contributed by atoms with Crippen LogP contribution in [-0.4, -0.2) is 29.0 Å². The van der Waals surface area contributed by atoms with Gasteiger partial charge in [-0.1, -0.05) is 30.3 Å². The van der Waals surface area contributed by atoms with Gasteiger partial charge in [-0.3, -0.25) is 0 Å². The molecule has 6 heteroatoms. The first kappa shape index (κ1) is 20.0. The number of fused-ring (bicyclic) bond motifs is 3. The zero-order chi connectivity index (χ0) is 22.1. The number of hydrogen-bond acceptors (Lipinski definition) is 4. The highest BCUT2D eigenvalue weighted by Crippen LogP contribution is 2.40. The fraction of sp³-hybridized carbons (Fsp3) is 0.154. The van der Waals surface area contributed by atoms with Crippen molar-refractivity contribution in [3.8, 4) is 34.0 Å². The first-order valence-corrected chi connectivity index (χ1v) is 10.4. The van der Waals surface area contributed by atoms with E-state index < -0.39 is 0 Å². The maximum absolute atomic E-state index is 13.5. The van der Waals surface area contributed by atoms with Crippen molar-refractivity contribution < 1.29 is 13.9 Å². The van der Waals surface area contributed by atoms with Gasteiger partial charge in [-0.05, 0) is 42.3 Å². The van der Waals surface area contributed by atoms with Crippen LogP contribution in [0.4, 0.5) is 4.39 Å². The molecule has 5 rings (SSSR count). The lowest BCUT2D eigenvalue weighted by molar-refractivity contribution is 0.355. The Morgan fingerprint density at radius 3 is 2.25 bits per heavy atom. The zero-order valence-corrected chi connectivity index (χ0v) is 17.9. The van der Waals surface area contributed by atoms with Crippen molar-refractivity contribution in [3.05, 3.63) is 84.3 Å². The van der Waals surface area contributed by atoms with Gasteiger partial charge in [-0.2, -0.15) is 0 Å². The maximum atomic E-state index is 13.5. The molecular formula is C26H22FN3O2. The molecule has 0 atom stereocenters. The first-order chi connectivity index (χ1) is 15.7. The minimum absolute atomic E-state index is 0.280. The summed E-state index contributed by atoms with van der Waals surface area (Å²) in [5.41, 5.74) is 5.47. The van der Waals surface area contributed by atoms with Gasteiger partial charge in [0.2, 0.25) is 0 Å². The average Bonchev–Trinajstić information content (AvgIpc) is 3.26. The van der Waals surface area contributed by atoms with Crippen molar-refractivity contribution in [2.75, 3.05) is 14.2 Å². The van der Waals surface area contributed by atoms with Gasteiger partial charge in [0.05, 0.1) is 19.7 Å². The minimum atomic E-state index is -0.280. The van der Waals surface area contributed by atoms with Crippen molar-refractivity contribution in [2.24, 2.45) is 0 Å². The third-order valence-corrected chi connectivity index (χ3v) is 5.71. The van der Waals surface area contributed by atoms with Gasteiger partial charge in [0.15, 0.2) is 11.5 Å². The lowest BCUT2D eigenvalue weighted by atomic mass is 10.0. The molecule has 0 aliphatic carbocycles. The second-order valence-electron chi connectivity index (χ2n) is 7.60. The van der Waals surface area contributed by atoms with Gasteiger partial charge >= 0.3 is 0 Å². The molecule has 3 aromatic rings. The smallest absolute Gasteiger partial charge is 0.162 e. The summed E-state index contributed by atoms with van der Waals surface area (Å²) >= 11 is 0. The van der Waals surface area contributed by atoms with Crippen LogP contribution >= 0.6 is 0 Å². The molecule has 5 nitrogen and oxygen atoms in total. The molecule has 0 saturated carbocycles. The number of rotatable bonds is 6. The summed E-state index contributed by atoms with van der Waals surface area (Å²) < 4.78 is 26.8. The Hall–Kier alpha value is -3.93. The van der Waals surface area contributed by atoms with Crippen LogP contribution in [0.5, 0.6) is 11.5 Å². The lowest BCUT2D eigenvalue weighted by Gasteiger charge is -2.17. The molecule has 32 heavy (non-hydrogen) atoms. The van der Waals surface area contributed by atoms with E-state index in [1.165, 1.54) is 17.7 Å². The SMILES string of the molecule is COc1cc2c3nnc(-c4ccc(F)cc4)c-3cn(CCc3ccccc3)c2cc1OC. The summed E-state index contributed by atoms with van der Waals surface area (Å²) in [6.07, 6.45) is 2.94. The third-order valence-electron chi connectivity index (χ3n) is 5.71. The predicted molar refractivity (Wildman–Crippen MR) is 123 cm³/mol. The second-order valence-corrected chi connectivity index (χ2v) is 7.60. The van der Waals surface area contributed by atoms with Gasteiger partial charge in [0.1, 0.15) is 17.2 Å². The van der Waals surface area contributed by atoms with Crippen LogP contribution in [0.2, 0.25) is 0 Å². The highest BCUT2D eigenvalue weighted by atomic mass is 19.1. The van der Waals surface area contributed by atoms with Crippen LogP contribution in [0.3, 0.4) is 0 Å². The van der Waals surface area contributed by atoms with Crippen molar-refractivity contribution in [1.29, 1.82) is 0 Å². The minimum Gasteiger partial charge on any atom is -0.493 e. The third kappa shape index (κ3) is 3.54. The van der Waals surface area contributed by atoms with E-state index in [-0.39, 0.29) is 5.82 Å². The van der Waals surface area contributed by atoms with E-state index in [0.29, 0.717) is 11.5 Å². The Balaban J connectivity index is 1.70. The van der Waals surface area contributed by atoms with Crippen LogP contribution in [0, 0.1) is 5.82 Å². The molecule has 0 spiro atoms. The normalized spacial score (nSPS) is 11.2. The van der Waals surface area contributed by atoms with Crippen LogP contribution in [0.25, 0.3) is 33.4 Å². The molecule has 2 aliphatic heterocycles. The lowest BCUT2D eigenvalue weighted by Crippen LogP contribution is -2.06. The summed E-state index contributed by atoms with van der Waals surface area (Å²) in [5.74, 6) is 1.01. The monoisotopic (exact) mass is 427 g/mol. The van der Waals surface area contributed by atoms with Crippen LogP contribution < -0.4 is 9.47 Å². The van der Waals surface area contributed by atoms with E-state index in [1.807, 2.05) is 30.3 Å². The fourth-order valence-corrected chi connectivity index (χ4v) is 4.06. The van der Waals surface area contributed by atoms with Crippen molar-refractivity contribution >= 4 is 10.9 Å². The Labute approximate surface area is 185 Å². The molecule has 0 saturated heterocycles. The molecule has 0 N–H and O–H groups in total. The summed E-state index contributed by atoms with van der Waals surface area (Å²) in [7, 11) is 3.25. The molecule has 0 aromatic heterocycles. The standard InChI is InChI=1S/C26H22FN3O2/c1-31-23-14-20-22(15-24(23)32-2)30(13-12-17-6-4-3-5-7-17)16-21-25(28-29-26(20)21)18-8-10-19(27)11-9-18/h3-11,14-16H,12-13H2,1-2H3. The molecule has 0 fully saturated rings. The Morgan fingerprint density at radius 1 is 0.844 bits per heavy atom. The highest BCUT2D eigenvalue weighted by Gasteiger charge is 2.22. The van der Waals surface area contributed by atoms with Gasteiger partial charge < -0.3 is 14.0 Å². The average molecular weight is 427 g/mol. The summed E-state index contributed by atoms with van der Waals surface area (Å²) in [6, 6.07) is 20.6. The molecule has 2 heterocycles. The largest absolute Gasteiger partial charge is 0.493 e. The molecule has 0 radical (unpaired) electrons. The molecule has 0 bridgehead atoms. The van der Waals surface area contributed by atoms with Crippen LogP contribution in [0.1, 0.15) is 5.56 Å².